The number of benzene rings is 2. The molecule has 0 amide bonds. The summed E-state index contributed by atoms with van der Waals surface area (Å²) in [7, 11) is 0. The fourth-order valence-electron chi connectivity index (χ4n) is 2.32. The first-order valence-electron chi connectivity index (χ1n) is 6.17. The van der Waals surface area contributed by atoms with E-state index in [-0.39, 0.29) is 0 Å². The molecule has 1 heterocycles. The Morgan fingerprint density at radius 3 is 2.33 bits per heavy atom. The zero-order valence-electron chi connectivity index (χ0n) is 10.9. The van der Waals surface area contributed by atoms with E-state index in [1.54, 1.807) is 0 Å². The minimum absolute atomic E-state index is 0.943. The van der Waals surface area contributed by atoms with Gasteiger partial charge in [-0.15, -0.1) is 0 Å². The van der Waals surface area contributed by atoms with Crippen molar-refractivity contribution in [3.05, 3.63) is 53.1 Å². The van der Waals surface area contributed by atoms with Gasteiger partial charge < -0.3 is 4.98 Å². The van der Waals surface area contributed by atoms with Crippen molar-refractivity contribution >= 4 is 11.0 Å². The van der Waals surface area contributed by atoms with Gasteiger partial charge in [-0.25, -0.2) is 4.98 Å². The van der Waals surface area contributed by atoms with Crippen LogP contribution < -0.4 is 0 Å². The lowest BCUT2D eigenvalue weighted by Crippen LogP contribution is -1.80. The van der Waals surface area contributed by atoms with Crippen molar-refractivity contribution in [1.29, 1.82) is 0 Å². The number of hydrogen-bond donors (Lipinski definition) is 1. The van der Waals surface area contributed by atoms with Gasteiger partial charge in [0.1, 0.15) is 5.82 Å². The molecule has 3 aromatic rings. The molecule has 0 bridgehead atoms. The Morgan fingerprint density at radius 1 is 0.889 bits per heavy atom. The predicted molar refractivity (Wildman–Crippen MR) is 75.7 cm³/mol. The third-order valence-corrected chi connectivity index (χ3v) is 3.25. The van der Waals surface area contributed by atoms with Gasteiger partial charge in [0, 0.05) is 5.56 Å². The first-order valence-corrected chi connectivity index (χ1v) is 6.17. The summed E-state index contributed by atoms with van der Waals surface area (Å²) in [6.45, 7) is 6.31. The molecule has 1 N–H and O–H groups in total. The topological polar surface area (TPSA) is 28.7 Å². The minimum atomic E-state index is 0.943. The van der Waals surface area contributed by atoms with E-state index >= 15 is 0 Å². The van der Waals surface area contributed by atoms with Crippen molar-refractivity contribution in [2.24, 2.45) is 0 Å². The smallest absolute Gasteiger partial charge is 0.138 e. The highest BCUT2D eigenvalue weighted by molar-refractivity contribution is 5.83. The molecule has 90 valence electrons. The molecule has 0 radical (unpaired) electrons. The van der Waals surface area contributed by atoms with E-state index in [2.05, 4.69) is 62.2 Å². The first-order chi connectivity index (χ1) is 8.63. The number of aromatic amines is 1. The van der Waals surface area contributed by atoms with Crippen LogP contribution in [0.1, 0.15) is 16.7 Å². The Bertz CT molecular complexity index is 706. The number of hydrogen-bond acceptors (Lipinski definition) is 1. The summed E-state index contributed by atoms with van der Waals surface area (Å²) in [5.74, 6) is 0.943. The van der Waals surface area contributed by atoms with Gasteiger partial charge in [-0.1, -0.05) is 35.9 Å². The predicted octanol–water partition coefficient (Wildman–Crippen LogP) is 4.16. The van der Waals surface area contributed by atoms with Crippen LogP contribution in [0.3, 0.4) is 0 Å². The molecular weight excluding hydrogens is 220 g/mol. The van der Waals surface area contributed by atoms with Crippen LogP contribution in [-0.4, -0.2) is 9.97 Å². The van der Waals surface area contributed by atoms with E-state index in [1.165, 1.54) is 16.7 Å². The standard InChI is InChI=1S/C16H16N2/c1-10-4-6-13(7-5-10)16-17-14-9-11(2)8-12(3)15(14)18-16/h4-9H,1-3H3,(H,17,18). The van der Waals surface area contributed by atoms with E-state index in [0.29, 0.717) is 0 Å². The Balaban J connectivity index is 2.19. The summed E-state index contributed by atoms with van der Waals surface area (Å²) in [4.78, 5) is 8.10. The number of nitrogens with zero attached hydrogens (tertiary/aromatic N) is 1. The molecule has 0 saturated heterocycles. The maximum atomic E-state index is 4.70. The number of nitrogens with one attached hydrogen (secondary N) is 1. The Labute approximate surface area is 107 Å². The molecule has 18 heavy (non-hydrogen) atoms. The Kier molecular flexibility index (Phi) is 2.44. The molecule has 1 aromatic heterocycles. The number of fused-ring (bicyclic) bond motifs is 1. The van der Waals surface area contributed by atoms with Crippen LogP contribution in [0, 0.1) is 20.8 Å². The van der Waals surface area contributed by atoms with Crippen molar-refractivity contribution in [2.45, 2.75) is 20.8 Å². The molecule has 0 spiro atoms. The van der Waals surface area contributed by atoms with Crippen molar-refractivity contribution in [3.8, 4) is 11.4 Å². The molecule has 0 saturated carbocycles. The molecule has 3 rings (SSSR count). The third-order valence-electron chi connectivity index (χ3n) is 3.25. The number of rotatable bonds is 1. The van der Waals surface area contributed by atoms with Crippen molar-refractivity contribution < 1.29 is 0 Å². The fourth-order valence-corrected chi connectivity index (χ4v) is 2.32. The Hall–Kier alpha value is -2.09. The lowest BCUT2D eigenvalue weighted by atomic mass is 10.1. The highest BCUT2D eigenvalue weighted by atomic mass is 14.9. The van der Waals surface area contributed by atoms with E-state index in [0.717, 1.165) is 22.4 Å². The molecule has 0 aliphatic heterocycles. The van der Waals surface area contributed by atoms with Crippen LogP contribution in [0.25, 0.3) is 22.4 Å². The fraction of sp³-hybridized carbons (Fsp3) is 0.188. The summed E-state index contributed by atoms with van der Waals surface area (Å²) in [5, 5.41) is 0. The molecule has 2 nitrogen and oxygen atoms in total. The van der Waals surface area contributed by atoms with Crippen molar-refractivity contribution in [2.75, 3.05) is 0 Å². The highest BCUT2D eigenvalue weighted by Gasteiger charge is 2.07. The van der Waals surface area contributed by atoms with Crippen LogP contribution in [-0.2, 0) is 0 Å². The van der Waals surface area contributed by atoms with E-state index < -0.39 is 0 Å². The van der Waals surface area contributed by atoms with E-state index in [4.69, 9.17) is 4.98 Å². The molecule has 0 atom stereocenters. The second-order valence-corrected chi connectivity index (χ2v) is 4.93. The van der Waals surface area contributed by atoms with Crippen LogP contribution in [0.2, 0.25) is 0 Å². The van der Waals surface area contributed by atoms with Crippen LogP contribution in [0.5, 0.6) is 0 Å². The van der Waals surface area contributed by atoms with Gasteiger partial charge >= 0.3 is 0 Å². The summed E-state index contributed by atoms with van der Waals surface area (Å²) in [5.41, 5.74) is 7.06. The lowest BCUT2D eigenvalue weighted by molar-refractivity contribution is 1.32. The summed E-state index contributed by atoms with van der Waals surface area (Å²) in [6, 6.07) is 12.8. The van der Waals surface area contributed by atoms with E-state index in [9.17, 15) is 0 Å². The third kappa shape index (κ3) is 1.80. The largest absolute Gasteiger partial charge is 0.338 e. The van der Waals surface area contributed by atoms with Crippen LogP contribution in [0.15, 0.2) is 36.4 Å². The monoisotopic (exact) mass is 236 g/mol. The molecule has 0 fully saturated rings. The molecule has 0 unspecified atom stereocenters. The SMILES string of the molecule is Cc1ccc(-c2nc3c(C)cc(C)cc3[nH]2)cc1. The zero-order valence-corrected chi connectivity index (χ0v) is 10.9. The average molecular weight is 236 g/mol. The van der Waals surface area contributed by atoms with Gasteiger partial charge in [-0.2, -0.15) is 0 Å². The lowest BCUT2D eigenvalue weighted by Gasteiger charge is -1.96. The second-order valence-electron chi connectivity index (χ2n) is 4.93. The zero-order chi connectivity index (χ0) is 12.7. The normalized spacial score (nSPS) is 11.1. The Morgan fingerprint density at radius 2 is 1.61 bits per heavy atom. The highest BCUT2D eigenvalue weighted by Crippen LogP contribution is 2.23. The van der Waals surface area contributed by atoms with E-state index in [1.807, 2.05) is 0 Å². The van der Waals surface area contributed by atoms with Gasteiger partial charge in [0.15, 0.2) is 0 Å². The summed E-state index contributed by atoms with van der Waals surface area (Å²) in [6.07, 6.45) is 0. The van der Waals surface area contributed by atoms with Crippen molar-refractivity contribution in [3.63, 3.8) is 0 Å². The van der Waals surface area contributed by atoms with Gasteiger partial charge in [-0.05, 0) is 38.0 Å². The maximum Gasteiger partial charge on any atom is 0.138 e. The molecular formula is C16H16N2. The quantitative estimate of drug-likeness (QED) is 0.675. The van der Waals surface area contributed by atoms with Crippen LogP contribution in [0.4, 0.5) is 0 Å². The average Bonchev–Trinajstić information content (AvgIpc) is 2.74. The van der Waals surface area contributed by atoms with Gasteiger partial charge in [0.05, 0.1) is 11.0 Å². The molecule has 0 aliphatic carbocycles. The molecule has 0 aliphatic rings. The van der Waals surface area contributed by atoms with Gasteiger partial charge in [0.2, 0.25) is 0 Å². The first kappa shape index (κ1) is 11.0. The summed E-state index contributed by atoms with van der Waals surface area (Å²) >= 11 is 0. The molecule has 2 heteroatoms. The van der Waals surface area contributed by atoms with Gasteiger partial charge in [0.25, 0.3) is 0 Å². The van der Waals surface area contributed by atoms with Gasteiger partial charge in [-0.3, -0.25) is 0 Å². The maximum absolute atomic E-state index is 4.70. The second kappa shape index (κ2) is 3.98. The molecule has 2 aromatic carbocycles. The number of aromatic nitrogens is 2. The van der Waals surface area contributed by atoms with Crippen molar-refractivity contribution in [1.82, 2.24) is 9.97 Å². The van der Waals surface area contributed by atoms with Crippen LogP contribution >= 0.6 is 0 Å². The summed E-state index contributed by atoms with van der Waals surface area (Å²) < 4.78 is 0. The number of H-pyrrole nitrogens is 1. The number of aryl methyl sites for hydroxylation is 3. The minimum Gasteiger partial charge on any atom is -0.338 e. The number of imidazole rings is 1.